The van der Waals surface area contributed by atoms with E-state index in [0.717, 1.165) is 11.1 Å². The van der Waals surface area contributed by atoms with E-state index in [9.17, 15) is 13.2 Å². The lowest BCUT2D eigenvalue weighted by atomic mass is 10.1. The monoisotopic (exact) mass is 364 g/mol. The zero-order chi connectivity index (χ0) is 17.3. The quantitative estimate of drug-likeness (QED) is 0.906. The molecule has 0 bridgehead atoms. The predicted molar refractivity (Wildman–Crippen MR) is 95.0 cm³/mol. The van der Waals surface area contributed by atoms with E-state index in [1.807, 2.05) is 12.1 Å². The molecular weight excluding hydrogens is 348 g/mol. The minimum absolute atomic E-state index is 0.199. The Balaban J connectivity index is 1.73. The van der Waals surface area contributed by atoms with Gasteiger partial charge in [-0.2, -0.15) is 0 Å². The number of carbonyl (C=O) groups excluding carboxylic acids is 1. The number of benzene rings is 2. The van der Waals surface area contributed by atoms with Gasteiger partial charge in [0, 0.05) is 23.7 Å². The first kappa shape index (κ1) is 16.8. The van der Waals surface area contributed by atoms with Crippen molar-refractivity contribution in [3.05, 3.63) is 64.2 Å². The van der Waals surface area contributed by atoms with E-state index in [0.29, 0.717) is 35.8 Å². The molecule has 0 aromatic heterocycles. The highest BCUT2D eigenvalue weighted by Gasteiger charge is 2.26. The number of nitrogens with zero attached hydrogens (tertiary/aromatic N) is 1. The number of rotatable bonds is 4. The molecule has 1 amide bonds. The van der Waals surface area contributed by atoms with Crippen molar-refractivity contribution in [2.45, 2.75) is 13.0 Å². The molecule has 1 heterocycles. The number of carbonyl (C=O) groups is 1. The Labute approximate surface area is 146 Å². The van der Waals surface area contributed by atoms with E-state index in [-0.39, 0.29) is 5.91 Å². The number of fused-ring (bicyclic) bond motifs is 1. The molecule has 0 atom stereocenters. The SMILES string of the molecule is CS(=O)(=O)N1CCc2cc(C(=O)NCc3cccc(Cl)c3)ccc21. The first-order valence-electron chi connectivity index (χ1n) is 7.48. The van der Waals surface area contributed by atoms with Crippen molar-refractivity contribution >= 4 is 33.2 Å². The van der Waals surface area contributed by atoms with E-state index >= 15 is 0 Å². The van der Waals surface area contributed by atoms with Gasteiger partial charge < -0.3 is 5.32 Å². The molecule has 5 nitrogen and oxygen atoms in total. The summed E-state index contributed by atoms with van der Waals surface area (Å²) in [6.07, 6.45) is 1.80. The van der Waals surface area contributed by atoms with Crippen LogP contribution in [0.3, 0.4) is 0 Å². The normalized spacial score (nSPS) is 13.7. The minimum Gasteiger partial charge on any atom is -0.348 e. The van der Waals surface area contributed by atoms with Crippen LogP contribution in [0.4, 0.5) is 5.69 Å². The number of sulfonamides is 1. The van der Waals surface area contributed by atoms with Gasteiger partial charge in [-0.25, -0.2) is 8.42 Å². The topological polar surface area (TPSA) is 66.5 Å². The average molecular weight is 365 g/mol. The maximum atomic E-state index is 12.3. The molecule has 0 unspecified atom stereocenters. The van der Waals surface area contributed by atoms with Gasteiger partial charge in [0.2, 0.25) is 10.0 Å². The van der Waals surface area contributed by atoms with E-state index < -0.39 is 10.0 Å². The molecule has 1 aliphatic rings. The molecule has 0 saturated carbocycles. The van der Waals surface area contributed by atoms with Crippen molar-refractivity contribution in [3.63, 3.8) is 0 Å². The van der Waals surface area contributed by atoms with Crippen LogP contribution >= 0.6 is 11.6 Å². The molecule has 2 aromatic carbocycles. The third-order valence-electron chi connectivity index (χ3n) is 3.94. The van der Waals surface area contributed by atoms with Crippen LogP contribution in [-0.2, 0) is 23.0 Å². The Morgan fingerprint density at radius 2 is 2.04 bits per heavy atom. The zero-order valence-electron chi connectivity index (χ0n) is 13.1. The Bertz CT molecular complexity index is 896. The Kier molecular flexibility index (Phi) is 4.51. The van der Waals surface area contributed by atoms with Crippen molar-refractivity contribution in [3.8, 4) is 0 Å². The van der Waals surface area contributed by atoms with Gasteiger partial charge in [-0.1, -0.05) is 23.7 Å². The maximum absolute atomic E-state index is 12.3. The van der Waals surface area contributed by atoms with Gasteiger partial charge in [-0.15, -0.1) is 0 Å². The Hall–Kier alpha value is -2.05. The summed E-state index contributed by atoms with van der Waals surface area (Å²) in [6.45, 7) is 0.799. The van der Waals surface area contributed by atoms with Crippen molar-refractivity contribution in [1.82, 2.24) is 5.32 Å². The molecule has 2 aromatic rings. The summed E-state index contributed by atoms with van der Waals surface area (Å²) in [6, 6.07) is 12.4. The first-order chi connectivity index (χ1) is 11.3. The summed E-state index contributed by atoms with van der Waals surface area (Å²) in [5, 5.41) is 3.47. The fourth-order valence-corrected chi connectivity index (χ4v) is 3.96. The molecule has 0 spiro atoms. The molecule has 126 valence electrons. The number of nitrogens with one attached hydrogen (secondary N) is 1. The van der Waals surface area contributed by atoms with Crippen LogP contribution in [-0.4, -0.2) is 27.1 Å². The molecule has 7 heteroatoms. The van der Waals surface area contributed by atoms with Gasteiger partial charge >= 0.3 is 0 Å². The van der Waals surface area contributed by atoms with E-state index in [1.165, 1.54) is 10.6 Å². The summed E-state index contributed by atoms with van der Waals surface area (Å²) in [5.74, 6) is -0.199. The third-order valence-corrected chi connectivity index (χ3v) is 5.35. The minimum atomic E-state index is -3.28. The average Bonchev–Trinajstić information content (AvgIpc) is 2.96. The smallest absolute Gasteiger partial charge is 0.251 e. The molecule has 1 aliphatic heterocycles. The fourth-order valence-electron chi connectivity index (χ4n) is 2.79. The summed E-state index contributed by atoms with van der Waals surface area (Å²) < 4.78 is 24.8. The number of hydrogen-bond donors (Lipinski definition) is 1. The van der Waals surface area contributed by atoms with Crippen LogP contribution in [0.25, 0.3) is 0 Å². The second-order valence-corrected chi connectivity index (χ2v) is 8.08. The highest BCUT2D eigenvalue weighted by atomic mass is 35.5. The highest BCUT2D eigenvalue weighted by molar-refractivity contribution is 7.92. The predicted octanol–water partition coefficient (Wildman–Crippen LogP) is 2.59. The van der Waals surface area contributed by atoms with Gasteiger partial charge in [0.1, 0.15) is 0 Å². The lowest BCUT2D eigenvalue weighted by molar-refractivity contribution is 0.0951. The molecular formula is C17H17ClN2O3S. The second kappa shape index (κ2) is 6.45. The molecule has 0 fully saturated rings. The second-order valence-electron chi connectivity index (χ2n) is 5.74. The third kappa shape index (κ3) is 3.55. The van der Waals surface area contributed by atoms with Crippen molar-refractivity contribution < 1.29 is 13.2 Å². The Morgan fingerprint density at radius 1 is 1.25 bits per heavy atom. The van der Waals surface area contributed by atoms with Crippen molar-refractivity contribution in [1.29, 1.82) is 0 Å². The van der Waals surface area contributed by atoms with Crippen LogP contribution in [0.1, 0.15) is 21.5 Å². The lowest BCUT2D eigenvalue weighted by Gasteiger charge is -2.16. The first-order valence-corrected chi connectivity index (χ1v) is 9.70. The largest absolute Gasteiger partial charge is 0.348 e. The van der Waals surface area contributed by atoms with Gasteiger partial charge in [0.15, 0.2) is 0 Å². The summed E-state index contributed by atoms with van der Waals surface area (Å²) >= 11 is 5.93. The Morgan fingerprint density at radius 3 is 2.75 bits per heavy atom. The van der Waals surface area contributed by atoms with Gasteiger partial charge in [0.25, 0.3) is 5.91 Å². The van der Waals surface area contributed by atoms with Crippen molar-refractivity contribution in [2.24, 2.45) is 0 Å². The molecule has 1 N–H and O–H groups in total. The molecule has 3 rings (SSSR count). The van der Waals surface area contributed by atoms with E-state index in [4.69, 9.17) is 11.6 Å². The van der Waals surface area contributed by atoms with Crippen LogP contribution < -0.4 is 9.62 Å². The van der Waals surface area contributed by atoms with Crippen molar-refractivity contribution in [2.75, 3.05) is 17.1 Å². The van der Waals surface area contributed by atoms with Gasteiger partial charge in [-0.05, 0) is 47.9 Å². The number of halogens is 1. The number of anilines is 1. The number of amides is 1. The zero-order valence-corrected chi connectivity index (χ0v) is 14.7. The summed E-state index contributed by atoms with van der Waals surface area (Å²) in [4.78, 5) is 12.3. The van der Waals surface area contributed by atoms with E-state index in [2.05, 4.69) is 5.32 Å². The molecule has 0 radical (unpaired) electrons. The molecule has 0 aliphatic carbocycles. The van der Waals surface area contributed by atoms with Gasteiger partial charge in [0.05, 0.1) is 11.9 Å². The molecule has 0 saturated heterocycles. The van der Waals surface area contributed by atoms with Crippen LogP contribution in [0.5, 0.6) is 0 Å². The number of hydrogen-bond acceptors (Lipinski definition) is 3. The maximum Gasteiger partial charge on any atom is 0.251 e. The summed E-state index contributed by atoms with van der Waals surface area (Å²) in [5.41, 5.74) is 2.96. The standard InChI is InChI=1S/C17H17ClN2O3S/c1-24(22,23)20-8-7-13-10-14(5-6-16(13)20)17(21)19-11-12-3-2-4-15(18)9-12/h2-6,9-10H,7-8,11H2,1H3,(H,19,21). The fraction of sp³-hybridized carbons (Fsp3) is 0.235. The van der Waals surface area contributed by atoms with Crippen LogP contribution in [0, 0.1) is 0 Å². The van der Waals surface area contributed by atoms with Crippen LogP contribution in [0.2, 0.25) is 5.02 Å². The summed E-state index contributed by atoms with van der Waals surface area (Å²) in [7, 11) is -3.28. The van der Waals surface area contributed by atoms with Gasteiger partial charge in [-0.3, -0.25) is 9.10 Å². The van der Waals surface area contributed by atoms with E-state index in [1.54, 1.807) is 30.3 Å². The molecule has 24 heavy (non-hydrogen) atoms. The lowest BCUT2D eigenvalue weighted by Crippen LogP contribution is -2.27. The van der Waals surface area contributed by atoms with Crippen LogP contribution in [0.15, 0.2) is 42.5 Å². The highest BCUT2D eigenvalue weighted by Crippen LogP contribution is 2.30.